The predicted octanol–water partition coefficient (Wildman–Crippen LogP) is 3.72. The minimum absolute atomic E-state index is 0.178. The van der Waals surface area contributed by atoms with Gasteiger partial charge in [0, 0.05) is 11.6 Å². The van der Waals surface area contributed by atoms with Crippen LogP contribution in [0.15, 0.2) is 48.5 Å². The van der Waals surface area contributed by atoms with Gasteiger partial charge in [-0.05, 0) is 24.4 Å². The summed E-state index contributed by atoms with van der Waals surface area (Å²) in [5.41, 5.74) is 0.715. The van der Waals surface area contributed by atoms with Crippen molar-refractivity contribution in [2.45, 2.75) is 0 Å². The maximum atomic E-state index is 12.9. The molecular weight excluding hydrogens is 242 g/mol. The third kappa shape index (κ3) is 2.85. The standard InChI is InChI=1S/C13H8F2OS/c14-11-7-6-10(8-12(11)15)16-13(17)9-4-2-1-3-5-9/h1-8H. The number of benzene rings is 2. The summed E-state index contributed by atoms with van der Waals surface area (Å²) in [6.07, 6.45) is 0. The number of ether oxygens (including phenoxy) is 1. The van der Waals surface area contributed by atoms with Crippen LogP contribution in [-0.2, 0) is 0 Å². The second-order valence-corrected chi connectivity index (χ2v) is 3.70. The van der Waals surface area contributed by atoms with E-state index in [1.165, 1.54) is 6.07 Å². The van der Waals surface area contributed by atoms with Crippen LogP contribution >= 0.6 is 12.2 Å². The average molecular weight is 250 g/mol. The fraction of sp³-hybridized carbons (Fsp3) is 0. The minimum atomic E-state index is -0.960. The number of hydrogen-bond acceptors (Lipinski definition) is 2. The lowest BCUT2D eigenvalue weighted by Crippen LogP contribution is -2.06. The van der Waals surface area contributed by atoms with Gasteiger partial charge in [0.25, 0.3) is 0 Å². The molecule has 0 atom stereocenters. The van der Waals surface area contributed by atoms with E-state index in [-0.39, 0.29) is 10.8 Å². The molecule has 4 heteroatoms. The predicted molar refractivity (Wildman–Crippen MR) is 65.1 cm³/mol. The summed E-state index contributed by atoms with van der Waals surface area (Å²) in [5.74, 6) is -1.70. The zero-order valence-electron chi connectivity index (χ0n) is 8.69. The molecule has 0 saturated carbocycles. The zero-order valence-corrected chi connectivity index (χ0v) is 9.51. The first-order valence-corrected chi connectivity index (χ1v) is 5.30. The summed E-state index contributed by atoms with van der Waals surface area (Å²) >= 11 is 5.04. The van der Waals surface area contributed by atoms with Crippen LogP contribution in [-0.4, -0.2) is 5.05 Å². The quantitative estimate of drug-likeness (QED) is 0.751. The highest BCUT2D eigenvalue weighted by atomic mass is 32.1. The summed E-state index contributed by atoms with van der Waals surface area (Å²) in [6.45, 7) is 0. The molecule has 0 amide bonds. The van der Waals surface area contributed by atoms with Gasteiger partial charge in [-0.3, -0.25) is 0 Å². The third-order valence-electron chi connectivity index (χ3n) is 2.11. The maximum absolute atomic E-state index is 12.9. The average Bonchev–Trinajstić information content (AvgIpc) is 2.35. The fourth-order valence-electron chi connectivity index (χ4n) is 1.28. The van der Waals surface area contributed by atoms with E-state index >= 15 is 0 Å². The van der Waals surface area contributed by atoms with Crippen molar-refractivity contribution in [2.24, 2.45) is 0 Å². The van der Waals surface area contributed by atoms with Gasteiger partial charge in [0.2, 0.25) is 0 Å². The normalized spacial score (nSPS) is 10.0. The number of halogens is 2. The second kappa shape index (κ2) is 5.01. The van der Waals surface area contributed by atoms with Crippen molar-refractivity contribution in [1.29, 1.82) is 0 Å². The van der Waals surface area contributed by atoms with Gasteiger partial charge in [0.1, 0.15) is 5.75 Å². The van der Waals surface area contributed by atoms with Gasteiger partial charge in [-0.25, -0.2) is 8.78 Å². The summed E-state index contributed by atoms with van der Waals surface area (Å²) < 4.78 is 30.9. The van der Waals surface area contributed by atoms with Crippen molar-refractivity contribution < 1.29 is 13.5 Å². The highest BCUT2D eigenvalue weighted by Crippen LogP contribution is 2.17. The molecule has 0 saturated heterocycles. The van der Waals surface area contributed by atoms with Gasteiger partial charge in [-0.15, -0.1) is 0 Å². The first-order valence-electron chi connectivity index (χ1n) is 4.89. The molecule has 0 bridgehead atoms. The molecule has 2 aromatic carbocycles. The van der Waals surface area contributed by atoms with E-state index < -0.39 is 11.6 Å². The molecule has 0 fully saturated rings. The van der Waals surface area contributed by atoms with E-state index in [0.29, 0.717) is 5.56 Å². The smallest absolute Gasteiger partial charge is 0.198 e. The molecule has 17 heavy (non-hydrogen) atoms. The van der Waals surface area contributed by atoms with Crippen LogP contribution < -0.4 is 4.74 Å². The lowest BCUT2D eigenvalue weighted by atomic mass is 10.2. The second-order valence-electron chi connectivity index (χ2n) is 3.33. The molecule has 0 unspecified atom stereocenters. The highest BCUT2D eigenvalue weighted by molar-refractivity contribution is 7.80. The molecule has 0 N–H and O–H groups in total. The Hall–Kier alpha value is -1.81. The molecule has 2 aromatic rings. The topological polar surface area (TPSA) is 9.23 Å². The zero-order chi connectivity index (χ0) is 12.3. The van der Waals surface area contributed by atoms with Crippen LogP contribution in [0.4, 0.5) is 8.78 Å². The fourth-order valence-corrected chi connectivity index (χ4v) is 1.51. The van der Waals surface area contributed by atoms with Crippen LogP contribution in [0.25, 0.3) is 0 Å². The van der Waals surface area contributed by atoms with Crippen molar-refractivity contribution in [3.63, 3.8) is 0 Å². The Balaban J connectivity index is 2.16. The molecule has 1 nitrogen and oxygen atoms in total. The van der Waals surface area contributed by atoms with E-state index in [1.54, 1.807) is 12.1 Å². The van der Waals surface area contributed by atoms with Crippen molar-refractivity contribution in [1.82, 2.24) is 0 Å². The lowest BCUT2D eigenvalue weighted by molar-refractivity contribution is 0.494. The third-order valence-corrected chi connectivity index (χ3v) is 2.43. The van der Waals surface area contributed by atoms with Crippen molar-refractivity contribution >= 4 is 17.3 Å². The van der Waals surface area contributed by atoms with Crippen molar-refractivity contribution in [3.8, 4) is 5.75 Å². The van der Waals surface area contributed by atoms with Crippen LogP contribution in [0.5, 0.6) is 5.75 Å². The maximum Gasteiger partial charge on any atom is 0.198 e. The Kier molecular flexibility index (Phi) is 3.44. The first kappa shape index (κ1) is 11.7. The van der Waals surface area contributed by atoms with Gasteiger partial charge < -0.3 is 4.74 Å². The Labute approximate surface area is 103 Å². The molecule has 0 radical (unpaired) electrons. The van der Waals surface area contributed by atoms with E-state index in [0.717, 1.165) is 12.1 Å². The molecule has 0 heterocycles. The van der Waals surface area contributed by atoms with E-state index in [4.69, 9.17) is 17.0 Å². The molecule has 86 valence electrons. The van der Waals surface area contributed by atoms with E-state index in [1.807, 2.05) is 18.2 Å². The monoisotopic (exact) mass is 250 g/mol. The van der Waals surface area contributed by atoms with Crippen LogP contribution in [0.3, 0.4) is 0 Å². The molecule has 0 aliphatic carbocycles. The number of rotatable bonds is 2. The molecule has 2 rings (SSSR count). The molecular formula is C13H8F2OS. The van der Waals surface area contributed by atoms with E-state index in [2.05, 4.69) is 0 Å². The van der Waals surface area contributed by atoms with Crippen LogP contribution in [0.1, 0.15) is 5.56 Å². The summed E-state index contributed by atoms with van der Waals surface area (Å²) in [4.78, 5) is 0. The van der Waals surface area contributed by atoms with Crippen molar-refractivity contribution in [3.05, 3.63) is 65.7 Å². The minimum Gasteiger partial charge on any atom is -0.445 e. The van der Waals surface area contributed by atoms with Gasteiger partial charge in [-0.1, -0.05) is 30.3 Å². The summed E-state index contributed by atoms with van der Waals surface area (Å²) in [5, 5.41) is 0.219. The summed E-state index contributed by atoms with van der Waals surface area (Å²) in [6, 6.07) is 12.3. The molecule has 0 spiro atoms. The van der Waals surface area contributed by atoms with Crippen LogP contribution in [0, 0.1) is 11.6 Å². The Morgan fingerprint density at radius 1 is 0.941 bits per heavy atom. The largest absolute Gasteiger partial charge is 0.445 e. The van der Waals surface area contributed by atoms with Gasteiger partial charge in [0.05, 0.1) is 0 Å². The Morgan fingerprint density at radius 3 is 2.29 bits per heavy atom. The van der Waals surface area contributed by atoms with Crippen molar-refractivity contribution in [2.75, 3.05) is 0 Å². The SMILES string of the molecule is Fc1ccc(OC(=S)c2ccccc2)cc1F. The molecule has 0 aliphatic heterocycles. The Morgan fingerprint density at radius 2 is 1.65 bits per heavy atom. The molecule has 0 aliphatic rings. The summed E-state index contributed by atoms with van der Waals surface area (Å²) in [7, 11) is 0. The Bertz CT molecular complexity index is 540. The van der Waals surface area contributed by atoms with Gasteiger partial charge in [-0.2, -0.15) is 0 Å². The highest BCUT2D eigenvalue weighted by Gasteiger charge is 2.06. The van der Waals surface area contributed by atoms with Crippen LogP contribution in [0.2, 0.25) is 0 Å². The lowest BCUT2D eigenvalue weighted by Gasteiger charge is -2.07. The number of hydrogen-bond donors (Lipinski definition) is 0. The first-order chi connectivity index (χ1) is 8.16. The van der Waals surface area contributed by atoms with E-state index in [9.17, 15) is 8.78 Å². The van der Waals surface area contributed by atoms with Gasteiger partial charge >= 0.3 is 0 Å². The number of thiocarbonyl (C=S) groups is 1. The molecule has 0 aromatic heterocycles. The van der Waals surface area contributed by atoms with Gasteiger partial charge in [0.15, 0.2) is 16.7 Å².